The summed E-state index contributed by atoms with van der Waals surface area (Å²) < 4.78 is 14.9. The Morgan fingerprint density at radius 2 is 1.79 bits per heavy atom. The second kappa shape index (κ2) is 8.47. The first-order chi connectivity index (χ1) is 13.5. The summed E-state index contributed by atoms with van der Waals surface area (Å²) >= 11 is 0. The molecule has 28 heavy (non-hydrogen) atoms. The highest BCUT2D eigenvalue weighted by Crippen LogP contribution is 2.24. The molecule has 2 aromatic carbocycles. The Morgan fingerprint density at radius 1 is 1.11 bits per heavy atom. The minimum atomic E-state index is -0.700. The fraction of sp³-hybridized carbons (Fsp3) is 0.190. The Hall–Kier alpha value is -3.48. The Labute approximate surface area is 162 Å². The summed E-state index contributed by atoms with van der Waals surface area (Å²) in [6.45, 7) is 3.90. The van der Waals surface area contributed by atoms with E-state index in [4.69, 9.17) is 0 Å². The molecule has 1 atom stereocenters. The molecule has 2 amide bonds. The first-order valence-corrected chi connectivity index (χ1v) is 8.99. The van der Waals surface area contributed by atoms with Crippen LogP contribution in [0.15, 0.2) is 60.8 Å². The van der Waals surface area contributed by atoms with Crippen molar-refractivity contribution in [2.45, 2.75) is 19.9 Å². The number of likely N-dealkylation sites (N-methyl/N-ethyl adjacent to an activating group) is 1. The fourth-order valence-electron chi connectivity index (χ4n) is 2.74. The van der Waals surface area contributed by atoms with Crippen LogP contribution in [0.25, 0.3) is 16.9 Å². The van der Waals surface area contributed by atoms with Crippen LogP contribution in [0.1, 0.15) is 24.2 Å². The number of halogens is 1. The van der Waals surface area contributed by atoms with Crippen LogP contribution in [0, 0.1) is 5.82 Å². The molecule has 3 rings (SSSR count). The number of carbonyl (C=O) groups is 2. The Balaban J connectivity index is 1.98. The van der Waals surface area contributed by atoms with E-state index in [1.165, 1.54) is 12.1 Å². The molecule has 144 valence electrons. The topological polar surface area (TPSA) is 76.0 Å². The van der Waals surface area contributed by atoms with Crippen molar-refractivity contribution in [3.63, 3.8) is 0 Å². The van der Waals surface area contributed by atoms with Gasteiger partial charge in [-0.3, -0.25) is 9.59 Å². The monoisotopic (exact) mass is 380 g/mol. The zero-order valence-corrected chi connectivity index (χ0v) is 15.6. The van der Waals surface area contributed by atoms with Crippen LogP contribution in [0.5, 0.6) is 0 Å². The van der Waals surface area contributed by atoms with Gasteiger partial charge in [0.2, 0.25) is 5.91 Å². The van der Waals surface area contributed by atoms with Crippen molar-refractivity contribution < 1.29 is 14.0 Å². The minimum Gasteiger partial charge on any atom is -0.355 e. The highest BCUT2D eigenvalue weighted by Gasteiger charge is 2.22. The van der Waals surface area contributed by atoms with Gasteiger partial charge in [0.25, 0.3) is 5.91 Å². The predicted molar refractivity (Wildman–Crippen MR) is 105 cm³/mol. The number of rotatable bonds is 6. The maximum Gasteiger partial charge on any atom is 0.255 e. The van der Waals surface area contributed by atoms with Gasteiger partial charge in [-0.05, 0) is 50.2 Å². The zero-order valence-electron chi connectivity index (χ0n) is 15.6. The van der Waals surface area contributed by atoms with Crippen molar-refractivity contribution in [3.05, 3.63) is 72.2 Å². The molecule has 6 nitrogen and oxygen atoms in total. The number of nitrogens with one attached hydrogen (secondary N) is 2. The van der Waals surface area contributed by atoms with Crippen molar-refractivity contribution in [2.24, 2.45) is 0 Å². The summed E-state index contributed by atoms with van der Waals surface area (Å²) in [5, 5.41) is 9.88. The van der Waals surface area contributed by atoms with Gasteiger partial charge in [-0.15, -0.1) is 0 Å². The van der Waals surface area contributed by atoms with Crippen molar-refractivity contribution >= 4 is 11.8 Å². The predicted octanol–water partition coefficient (Wildman–Crippen LogP) is 2.93. The van der Waals surface area contributed by atoms with Crippen LogP contribution < -0.4 is 10.6 Å². The SMILES string of the molecule is CCNC(=O)[C@H](C)NC(=O)c1cn(-c2ccccc2)nc1-c1ccc(F)cc1. The Kier molecular flexibility index (Phi) is 5.84. The zero-order chi connectivity index (χ0) is 20.1. The number of hydrogen-bond acceptors (Lipinski definition) is 3. The molecule has 0 aliphatic rings. The summed E-state index contributed by atoms with van der Waals surface area (Å²) in [7, 11) is 0. The third-order valence-electron chi connectivity index (χ3n) is 4.19. The van der Waals surface area contributed by atoms with Crippen LogP contribution in [0.4, 0.5) is 4.39 Å². The summed E-state index contributed by atoms with van der Waals surface area (Å²) in [4.78, 5) is 24.8. The average molecular weight is 380 g/mol. The van der Waals surface area contributed by atoms with Crippen LogP contribution in [-0.4, -0.2) is 34.2 Å². The fourth-order valence-corrected chi connectivity index (χ4v) is 2.74. The maximum absolute atomic E-state index is 13.3. The van der Waals surface area contributed by atoms with Gasteiger partial charge in [0.1, 0.15) is 17.6 Å². The number of aromatic nitrogens is 2. The number of para-hydroxylation sites is 1. The molecule has 0 aliphatic carbocycles. The Bertz CT molecular complexity index is 968. The molecule has 1 heterocycles. The smallest absolute Gasteiger partial charge is 0.255 e. The molecule has 1 aromatic heterocycles. The molecule has 0 saturated carbocycles. The highest BCUT2D eigenvalue weighted by molar-refractivity contribution is 6.02. The van der Waals surface area contributed by atoms with Gasteiger partial charge in [0.05, 0.1) is 11.3 Å². The number of amides is 2. The van der Waals surface area contributed by atoms with Gasteiger partial charge in [0.15, 0.2) is 0 Å². The average Bonchev–Trinajstić information content (AvgIpc) is 3.15. The lowest BCUT2D eigenvalue weighted by Crippen LogP contribution is -2.44. The first kappa shape index (κ1) is 19.3. The summed E-state index contributed by atoms with van der Waals surface area (Å²) in [6, 6.07) is 14.4. The van der Waals surface area contributed by atoms with Crippen molar-refractivity contribution in [2.75, 3.05) is 6.54 Å². The van der Waals surface area contributed by atoms with E-state index >= 15 is 0 Å². The summed E-state index contributed by atoms with van der Waals surface area (Å²) in [6.07, 6.45) is 1.60. The van der Waals surface area contributed by atoms with E-state index in [0.717, 1.165) is 5.69 Å². The van der Waals surface area contributed by atoms with Gasteiger partial charge in [-0.2, -0.15) is 5.10 Å². The lowest BCUT2D eigenvalue weighted by Gasteiger charge is -2.13. The van der Waals surface area contributed by atoms with E-state index in [2.05, 4.69) is 15.7 Å². The second-order valence-electron chi connectivity index (χ2n) is 6.27. The molecule has 0 unspecified atom stereocenters. The number of carbonyl (C=O) groups excluding carboxylic acids is 2. The lowest BCUT2D eigenvalue weighted by atomic mass is 10.1. The number of hydrogen-bond donors (Lipinski definition) is 2. The van der Waals surface area contributed by atoms with Gasteiger partial charge in [0, 0.05) is 18.3 Å². The lowest BCUT2D eigenvalue weighted by molar-refractivity contribution is -0.122. The molecule has 0 fully saturated rings. The second-order valence-corrected chi connectivity index (χ2v) is 6.27. The molecular formula is C21H21FN4O2. The minimum absolute atomic E-state index is 0.269. The molecule has 0 radical (unpaired) electrons. The standard InChI is InChI=1S/C21H21FN4O2/c1-3-23-20(27)14(2)24-21(28)18-13-26(17-7-5-4-6-8-17)25-19(18)15-9-11-16(22)12-10-15/h4-14H,3H2,1-2H3,(H,23,27)(H,24,28)/t14-/m0/s1. The first-order valence-electron chi connectivity index (χ1n) is 8.99. The summed E-state index contributed by atoms with van der Waals surface area (Å²) in [5.41, 5.74) is 2.09. The molecular weight excluding hydrogens is 359 g/mol. The van der Waals surface area contributed by atoms with Gasteiger partial charge in [-0.1, -0.05) is 18.2 Å². The van der Waals surface area contributed by atoms with E-state index in [9.17, 15) is 14.0 Å². The van der Waals surface area contributed by atoms with Gasteiger partial charge in [-0.25, -0.2) is 9.07 Å². The van der Waals surface area contributed by atoms with Crippen LogP contribution in [-0.2, 0) is 4.79 Å². The van der Waals surface area contributed by atoms with Crippen LogP contribution in [0.3, 0.4) is 0 Å². The van der Waals surface area contributed by atoms with E-state index in [0.29, 0.717) is 23.4 Å². The number of benzene rings is 2. The van der Waals surface area contributed by atoms with E-state index < -0.39 is 11.9 Å². The molecule has 7 heteroatoms. The van der Waals surface area contributed by atoms with Crippen molar-refractivity contribution in [3.8, 4) is 16.9 Å². The van der Waals surface area contributed by atoms with Crippen molar-refractivity contribution in [1.29, 1.82) is 0 Å². The highest BCUT2D eigenvalue weighted by atomic mass is 19.1. The van der Waals surface area contributed by atoms with E-state index in [1.54, 1.807) is 29.9 Å². The number of nitrogens with zero attached hydrogens (tertiary/aromatic N) is 2. The van der Waals surface area contributed by atoms with Gasteiger partial charge >= 0.3 is 0 Å². The quantitative estimate of drug-likeness (QED) is 0.690. The third kappa shape index (κ3) is 4.25. The Morgan fingerprint density at radius 3 is 2.43 bits per heavy atom. The van der Waals surface area contributed by atoms with Crippen molar-refractivity contribution in [1.82, 2.24) is 20.4 Å². The van der Waals surface area contributed by atoms with Crippen LogP contribution in [0.2, 0.25) is 0 Å². The molecule has 0 aliphatic heterocycles. The summed E-state index contributed by atoms with van der Waals surface area (Å²) in [5.74, 6) is -1.07. The maximum atomic E-state index is 13.3. The van der Waals surface area contributed by atoms with E-state index in [1.807, 2.05) is 37.3 Å². The van der Waals surface area contributed by atoms with Gasteiger partial charge < -0.3 is 10.6 Å². The largest absolute Gasteiger partial charge is 0.355 e. The third-order valence-corrected chi connectivity index (χ3v) is 4.19. The van der Waals surface area contributed by atoms with E-state index in [-0.39, 0.29) is 11.7 Å². The van der Waals surface area contributed by atoms with Crippen LogP contribution >= 0.6 is 0 Å². The molecule has 3 aromatic rings. The molecule has 2 N–H and O–H groups in total. The molecule has 0 spiro atoms. The molecule has 0 bridgehead atoms. The normalized spacial score (nSPS) is 11.7. The molecule has 0 saturated heterocycles.